The third-order valence-electron chi connectivity index (χ3n) is 2.77. The minimum atomic E-state index is -1.09. The number of carboxylic acids is 1. The van der Waals surface area contributed by atoms with Gasteiger partial charge in [0, 0.05) is 18.6 Å². The number of ether oxygens (including phenoxy) is 3. The van der Waals surface area contributed by atoms with E-state index in [0.29, 0.717) is 11.5 Å². The van der Waals surface area contributed by atoms with E-state index in [4.69, 9.17) is 14.6 Å². The van der Waals surface area contributed by atoms with Crippen LogP contribution in [0.4, 0.5) is 5.69 Å². The highest BCUT2D eigenvalue weighted by atomic mass is 16.5. The lowest BCUT2D eigenvalue weighted by atomic mass is 10.1. The topological polar surface area (TPSA) is 111 Å². The molecule has 0 aliphatic heterocycles. The van der Waals surface area contributed by atoms with E-state index in [1.807, 2.05) is 0 Å². The van der Waals surface area contributed by atoms with Crippen LogP contribution in [-0.2, 0) is 14.3 Å². The van der Waals surface area contributed by atoms with Crippen LogP contribution in [-0.4, -0.2) is 44.3 Å². The zero-order valence-electron chi connectivity index (χ0n) is 12.5. The Hall–Kier alpha value is -2.77. The predicted octanol–water partition coefficient (Wildman–Crippen LogP) is 1.29. The van der Waals surface area contributed by atoms with E-state index in [9.17, 15) is 14.4 Å². The molecule has 1 amide bonds. The number of hydrogen-bond donors (Lipinski definition) is 2. The third-order valence-corrected chi connectivity index (χ3v) is 2.77. The number of amides is 1. The van der Waals surface area contributed by atoms with Crippen molar-refractivity contribution < 1.29 is 33.7 Å². The summed E-state index contributed by atoms with van der Waals surface area (Å²) in [5.74, 6) is -1.69. The highest BCUT2D eigenvalue weighted by Gasteiger charge is 2.19. The maximum absolute atomic E-state index is 11.8. The van der Waals surface area contributed by atoms with E-state index in [-0.39, 0.29) is 24.1 Å². The number of esters is 1. The molecule has 0 bridgehead atoms. The first kappa shape index (κ1) is 17.3. The largest absolute Gasteiger partial charge is 0.493 e. The molecule has 120 valence electrons. The van der Waals surface area contributed by atoms with Crippen LogP contribution in [0.2, 0.25) is 0 Å². The molecule has 0 unspecified atom stereocenters. The number of rotatable bonds is 7. The van der Waals surface area contributed by atoms with Gasteiger partial charge in [0.05, 0.1) is 39.0 Å². The predicted molar refractivity (Wildman–Crippen MR) is 76.4 cm³/mol. The fourth-order valence-corrected chi connectivity index (χ4v) is 1.69. The van der Waals surface area contributed by atoms with Crippen molar-refractivity contribution >= 4 is 23.5 Å². The molecule has 22 heavy (non-hydrogen) atoms. The number of carbonyl (C=O) groups excluding carboxylic acids is 2. The maximum atomic E-state index is 11.8. The van der Waals surface area contributed by atoms with Crippen LogP contribution in [0, 0.1) is 0 Å². The summed E-state index contributed by atoms with van der Waals surface area (Å²) >= 11 is 0. The van der Waals surface area contributed by atoms with E-state index in [1.165, 1.54) is 33.5 Å². The monoisotopic (exact) mass is 311 g/mol. The number of nitrogens with one attached hydrogen (secondary N) is 1. The summed E-state index contributed by atoms with van der Waals surface area (Å²) in [7, 11) is 4.02. The Labute approximate surface area is 127 Å². The van der Waals surface area contributed by atoms with Crippen molar-refractivity contribution in [3.63, 3.8) is 0 Å². The summed E-state index contributed by atoms with van der Waals surface area (Å²) in [6.07, 6.45) is -0.531. The van der Waals surface area contributed by atoms with Gasteiger partial charge in [0.2, 0.25) is 5.91 Å². The standard InChI is InChI=1S/C14H17NO7/c1-20-10-6-8(14(19)22-3)9(7-11(10)21-2)15-12(16)4-5-13(17)18/h6-7H,4-5H2,1-3H3,(H,15,16)(H,17,18). The normalized spacial score (nSPS) is 9.77. The number of anilines is 1. The highest BCUT2D eigenvalue weighted by Crippen LogP contribution is 2.33. The Balaban J connectivity index is 3.11. The maximum Gasteiger partial charge on any atom is 0.340 e. The fourth-order valence-electron chi connectivity index (χ4n) is 1.69. The highest BCUT2D eigenvalue weighted by molar-refractivity contribution is 6.02. The summed E-state index contributed by atoms with van der Waals surface area (Å²) in [4.78, 5) is 34.0. The van der Waals surface area contributed by atoms with Crippen LogP contribution in [0.15, 0.2) is 12.1 Å². The molecular formula is C14H17NO7. The molecule has 0 atom stereocenters. The van der Waals surface area contributed by atoms with Crippen molar-refractivity contribution in [3.05, 3.63) is 17.7 Å². The Morgan fingerprint density at radius 1 is 1.05 bits per heavy atom. The molecule has 1 aromatic carbocycles. The average Bonchev–Trinajstić information content (AvgIpc) is 2.51. The molecule has 0 spiro atoms. The summed E-state index contributed by atoms with van der Waals surface area (Å²) < 4.78 is 14.8. The number of hydrogen-bond acceptors (Lipinski definition) is 6. The molecule has 0 aliphatic carbocycles. The van der Waals surface area contributed by atoms with Crippen molar-refractivity contribution in [1.82, 2.24) is 0 Å². The van der Waals surface area contributed by atoms with Crippen molar-refractivity contribution in [2.75, 3.05) is 26.6 Å². The number of benzene rings is 1. The first-order valence-electron chi connectivity index (χ1n) is 6.28. The van der Waals surface area contributed by atoms with Gasteiger partial charge in [-0.1, -0.05) is 0 Å². The molecule has 2 N–H and O–H groups in total. The zero-order valence-corrected chi connectivity index (χ0v) is 12.5. The van der Waals surface area contributed by atoms with E-state index in [1.54, 1.807) is 0 Å². The van der Waals surface area contributed by atoms with Crippen LogP contribution in [0.5, 0.6) is 11.5 Å². The minimum absolute atomic E-state index is 0.0730. The quantitative estimate of drug-likeness (QED) is 0.730. The number of methoxy groups -OCH3 is 3. The SMILES string of the molecule is COC(=O)c1cc(OC)c(OC)cc1NC(=O)CCC(=O)O. The molecule has 0 saturated carbocycles. The molecule has 1 rings (SSSR count). The van der Waals surface area contributed by atoms with Gasteiger partial charge in [0.15, 0.2) is 11.5 Å². The van der Waals surface area contributed by atoms with Gasteiger partial charge in [-0.2, -0.15) is 0 Å². The van der Waals surface area contributed by atoms with Gasteiger partial charge in [-0.05, 0) is 0 Å². The summed E-state index contributed by atoms with van der Waals surface area (Å²) in [6.45, 7) is 0. The smallest absolute Gasteiger partial charge is 0.340 e. The molecule has 8 heteroatoms. The van der Waals surface area contributed by atoms with E-state index in [0.717, 1.165) is 0 Å². The van der Waals surface area contributed by atoms with E-state index >= 15 is 0 Å². The molecule has 8 nitrogen and oxygen atoms in total. The fraction of sp³-hybridized carbons (Fsp3) is 0.357. The molecule has 0 heterocycles. The Bertz CT molecular complexity index is 583. The summed E-state index contributed by atoms with van der Waals surface area (Å²) in [5, 5.41) is 11.0. The Morgan fingerprint density at radius 3 is 2.14 bits per heavy atom. The van der Waals surface area contributed by atoms with Gasteiger partial charge < -0.3 is 24.6 Å². The second-order valence-electron chi connectivity index (χ2n) is 4.19. The second-order valence-corrected chi connectivity index (χ2v) is 4.19. The Morgan fingerprint density at radius 2 is 1.64 bits per heavy atom. The number of carboxylic acid groups (broad SMARTS) is 1. The third kappa shape index (κ3) is 4.37. The van der Waals surface area contributed by atoms with E-state index < -0.39 is 17.8 Å². The van der Waals surface area contributed by atoms with Gasteiger partial charge in [-0.25, -0.2) is 4.79 Å². The summed E-state index contributed by atoms with van der Waals surface area (Å²) in [5.41, 5.74) is 0.226. The molecule has 0 fully saturated rings. The van der Waals surface area contributed by atoms with E-state index in [2.05, 4.69) is 10.1 Å². The minimum Gasteiger partial charge on any atom is -0.493 e. The Kier molecular flexibility index (Phi) is 6.18. The molecular weight excluding hydrogens is 294 g/mol. The van der Waals surface area contributed by atoms with Crippen LogP contribution < -0.4 is 14.8 Å². The van der Waals surface area contributed by atoms with Crippen molar-refractivity contribution in [1.29, 1.82) is 0 Å². The van der Waals surface area contributed by atoms with Crippen molar-refractivity contribution in [2.45, 2.75) is 12.8 Å². The van der Waals surface area contributed by atoms with Gasteiger partial charge >= 0.3 is 11.9 Å². The van der Waals surface area contributed by atoms with Gasteiger partial charge in [-0.3, -0.25) is 9.59 Å². The lowest BCUT2D eigenvalue weighted by Crippen LogP contribution is -2.16. The molecule has 0 aliphatic rings. The molecule has 0 radical (unpaired) electrons. The van der Waals surface area contributed by atoms with Crippen LogP contribution >= 0.6 is 0 Å². The first-order valence-corrected chi connectivity index (χ1v) is 6.28. The molecule has 1 aromatic rings. The zero-order chi connectivity index (χ0) is 16.7. The van der Waals surface area contributed by atoms with Crippen LogP contribution in [0.3, 0.4) is 0 Å². The summed E-state index contributed by atoms with van der Waals surface area (Å²) in [6, 6.07) is 2.78. The van der Waals surface area contributed by atoms with Gasteiger partial charge in [-0.15, -0.1) is 0 Å². The molecule has 0 aromatic heterocycles. The van der Waals surface area contributed by atoms with Crippen LogP contribution in [0.1, 0.15) is 23.2 Å². The van der Waals surface area contributed by atoms with Crippen molar-refractivity contribution in [3.8, 4) is 11.5 Å². The lowest BCUT2D eigenvalue weighted by Gasteiger charge is -2.14. The van der Waals surface area contributed by atoms with Gasteiger partial charge in [0.1, 0.15) is 0 Å². The van der Waals surface area contributed by atoms with Crippen molar-refractivity contribution in [2.24, 2.45) is 0 Å². The molecule has 0 saturated heterocycles. The number of carbonyl (C=O) groups is 3. The average molecular weight is 311 g/mol. The van der Waals surface area contributed by atoms with Crippen LogP contribution in [0.25, 0.3) is 0 Å². The number of aliphatic carboxylic acids is 1. The second kappa shape index (κ2) is 7.87. The first-order chi connectivity index (χ1) is 10.4. The lowest BCUT2D eigenvalue weighted by molar-refractivity contribution is -0.138. The van der Waals surface area contributed by atoms with Gasteiger partial charge in [0.25, 0.3) is 0 Å².